The van der Waals surface area contributed by atoms with Crippen molar-refractivity contribution in [2.24, 2.45) is 0 Å². The molecule has 0 spiro atoms. The summed E-state index contributed by atoms with van der Waals surface area (Å²) in [6.07, 6.45) is 10.3. The average Bonchev–Trinajstić information content (AvgIpc) is 2.73. The molecule has 3 aliphatic rings. The Kier molecular flexibility index (Phi) is 3.25. The molecule has 3 rings (SSSR count). The maximum Gasteiger partial charge on any atom is 0.335 e. The van der Waals surface area contributed by atoms with Crippen LogP contribution in [0, 0.1) is 0 Å². The zero-order valence-electron chi connectivity index (χ0n) is 11.0. The first kappa shape index (κ1) is 12.0. The van der Waals surface area contributed by atoms with E-state index in [9.17, 15) is 4.79 Å². The molecular formula is C15H21NO2. The van der Waals surface area contributed by atoms with Gasteiger partial charge in [-0.1, -0.05) is 18.6 Å². The van der Waals surface area contributed by atoms with Gasteiger partial charge in [0.1, 0.15) is 0 Å². The predicted octanol–water partition coefficient (Wildman–Crippen LogP) is 2.43. The van der Waals surface area contributed by atoms with E-state index in [-0.39, 0.29) is 5.97 Å². The molecule has 1 saturated heterocycles. The van der Waals surface area contributed by atoms with Gasteiger partial charge in [-0.05, 0) is 44.7 Å². The Hall–Kier alpha value is -1.09. The van der Waals surface area contributed by atoms with E-state index in [1.165, 1.54) is 18.4 Å². The summed E-state index contributed by atoms with van der Waals surface area (Å²) < 4.78 is 5.27. The molecule has 0 unspecified atom stereocenters. The minimum atomic E-state index is -0.0848. The van der Waals surface area contributed by atoms with Gasteiger partial charge >= 0.3 is 5.97 Å². The number of esters is 1. The molecule has 0 saturated carbocycles. The summed E-state index contributed by atoms with van der Waals surface area (Å²) in [6.45, 7) is 3.48. The molecule has 2 heterocycles. The number of ether oxygens (including phenoxy) is 1. The molecule has 3 nitrogen and oxygen atoms in total. The number of nitrogens with zero attached hydrogens (tertiary/aromatic N) is 1. The van der Waals surface area contributed by atoms with Crippen molar-refractivity contribution in [1.82, 2.24) is 4.90 Å². The molecule has 0 aromatic carbocycles. The second-order valence-electron chi connectivity index (χ2n) is 5.33. The van der Waals surface area contributed by atoms with Crippen LogP contribution in [0.5, 0.6) is 0 Å². The summed E-state index contributed by atoms with van der Waals surface area (Å²) in [7, 11) is 0. The van der Waals surface area contributed by atoms with E-state index in [1.54, 1.807) is 0 Å². The monoisotopic (exact) mass is 247 g/mol. The van der Waals surface area contributed by atoms with Crippen LogP contribution in [0.4, 0.5) is 0 Å². The molecule has 2 atom stereocenters. The van der Waals surface area contributed by atoms with E-state index < -0.39 is 0 Å². The van der Waals surface area contributed by atoms with E-state index in [4.69, 9.17) is 4.74 Å². The summed E-state index contributed by atoms with van der Waals surface area (Å²) in [5, 5.41) is 0. The standard InChI is InChI=1S/C15H21NO2/c1-2-18-15(17)14-11-7-3-4-8-12(11)16-10-6-5-9-13(14)16/h3,7,12-13H,2,4-6,8-10H2,1H3/t12-,13-/m1/s1. The zero-order valence-corrected chi connectivity index (χ0v) is 11.0. The van der Waals surface area contributed by atoms with Crippen LogP contribution < -0.4 is 0 Å². The van der Waals surface area contributed by atoms with E-state index in [2.05, 4.69) is 17.1 Å². The van der Waals surface area contributed by atoms with Crippen molar-refractivity contribution in [3.63, 3.8) is 0 Å². The number of carbonyl (C=O) groups is 1. The number of allylic oxidation sites excluding steroid dienone is 1. The Balaban J connectivity index is 1.96. The van der Waals surface area contributed by atoms with E-state index in [0.29, 0.717) is 18.7 Å². The number of fused-ring (bicyclic) bond motifs is 3. The zero-order chi connectivity index (χ0) is 12.5. The average molecular weight is 247 g/mol. The first-order valence-electron chi connectivity index (χ1n) is 7.16. The van der Waals surface area contributed by atoms with Crippen molar-refractivity contribution < 1.29 is 9.53 Å². The van der Waals surface area contributed by atoms with Crippen LogP contribution in [-0.4, -0.2) is 36.1 Å². The Bertz CT molecular complexity index is 411. The van der Waals surface area contributed by atoms with Gasteiger partial charge < -0.3 is 4.74 Å². The predicted molar refractivity (Wildman–Crippen MR) is 70.2 cm³/mol. The number of hydrogen-bond donors (Lipinski definition) is 0. The fourth-order valence-corrected chi connectivity index (χ4v) is 3.64. The normalized spacial score (nSPS) is 31.2. The van der Waals surface area contributed by atoms with Gasteiger partial charge in [-0.3, -0.25) is 4.90 Å². The third-order valence-corrected chi connectivity index (χ3v) is 4.35. The number of carbonyl (C=O) groups excluding carboxylic acids is 1. The largest absolute Gasteiger partial charge is 0.463 e. The molecule has 18 heavy (non-hydrogen) atoms. The number of hydrogen-bond acceptors (Lipinski definition) is 3. The van der Waals surface area contributed by atoms with Crippen LogP contribution in [0.3, 0.4) is 0 Å². The van der Waals surface area contributed by atoms with Gasteiger partial charge in [0.15, 0.2) is 0 Å². The highest BCUT2D eigenvalue weighted by Gasteiger charge is 2.44. The second-order valence-corrected chi connectivity index (χ2v) is 5.33. The minimum Gasteiger partial charge on any atom is -0.463 e. The van der Waals surface area contributed by atoms with Crippen LogP contribution in [0.2, 0.25) is 0 Å². The molecule has 0 aromatic heterocycles. The number of piperidine rings is 1. The van der Waals surface area contributed by atoms with Crippen molar-refractivity contribution in [2.45, 2.75) is 51.1 Å². The summed E-state index contributed by atoms with van der Waals surface area (Å²) >= 11 is 0. The van der Waals surface area contributed by atoms with E-state index >= 15 is 0 Å². The van der Waals surface area contributed by atoms with Gasteiger partial charge in [-0.15, -0.1) is 0 Å². The molecular weight excluding hydrogens is 226 g/mol. The molecule has 0 bridgehead atoms. The molecule has 0 aromatic rings. The second kappa shape index (κ2) is 4.88. The topological polar surface area (TPSA) is 29.5 Å². The SMILES string of the molecule is CCOC(=O)C1=C2C=CCC[C@H]2N2CCCC[C@H]12. The van der Waals surface area contributed by atoms with Crippen molar-refractivity contribution >= 4 is 5.97 Å². The first-order chi connectivity index (χ1) is 8.83. The van der Waals surface area contributed by atoms with E-state index in [1.807, 2.05) is 6.92 Å². The fourth-order valence-electron chi connectivity index (χ4n) is 3.64. The van der Waals surface area contributed by atoms with Gasteiger partial charge in [0.2, 0.25) is 0 Å². The highest BCUT2D eigenvalue weighted by atomic mass is 16.5. The summed E-state index contributed by atoms with van der Waals surface area (Å²) in [4.78, 5) is 14.8. The lowest BCUT2D eigenvalue weighted by Gasteiger charge is -2.36. The maximum atomic E-state index is 12.2. The van der Waals surface area contributed by atoms with Gasteiger partial charge in [-0.25, -0.2) is 4.79 Å². The van der Waals surface area contributed by atoms with Crippen molar-refractivity contribution in [3.8, 4) is 0 Å². The molecule has 0 amide bonds. The Morgan fingerprint density at radius 3 is 3.11 bits per heavy atom. The van der Waals surface area contributed by atoms with Gasteiger partial charge in [-0.2, -0.15) is 0 Å². The number of rotatable bonds is 2. The first-order valence-corrected chi connectivity index (χ1v) is 7.16. The van der Waals surface area contributed by atoms with Crippen molar-refractivity contribution in [3.05, 3.63) is 23.3 Å². The highest BCUT2D eigenvalue weighted by Crippen LogP contribution is 2.40. The molecule has 3 heteroatoms. The Morgan fingerprint density at radius 2 is 2.28 bits per heavy atom. The smallest absolute Gasteiger partial charge is 0.335 e. The molecule has 0 radical (unpaired) electrons. The lowest BCUT2D eigenvalue weighted by Crippen LogP contribution is -2.43. The van der Waals surface area contributed by atoms with Gasteiger partial charge in [0, 0.05) is 12.1 Å². The molecule has 1 aliphatic carbocycles. The van der Waals surface area contributed by atoms with Crippen LogP contribution in [0.15, 0.2) is 23.3 Å². The minimum absolute atomic E-state index is 0.0848. The molecule has 98 valence electrons. The third kappa shape index (κ3) is 1.81. The van der Waals surface area contributed by atoms with Crippen LogP contribution in [0.1, 0.15) is 39.0 Å². The third-order valence-electron chi connectivity index (χ3n) is 4.35. The molecule has 0 N–H and O–H groups in total. The lowest BCUT2D eigenvalue weighted by molar-refractivity contribution is -0.139. The van der Waals surface area contributed by atoms with E-state index in [0.717, 1.165) is 31.4 Å². The van der Waals surface area contributed by atoms with Crippen molar-refractivity contribution in [1.29, 1.82) is 0 Å². The van der Waals surface area contributed by atoms with Crippen molar-refractivity contribution in [2.75, 3.05) is 13.2 Å². The summed E-state index contributed by atoms with van der Waals surface area (Å²) in [5.74, 6) is -0.0848. The van der Waals surface area contributed by atoms with Gasteiger partial charge in [0.05, 0.1) is 12.2 Å². The van der Waals surface area contributed by atoms with Gasteiger partial charge in [0.25, 0.3) is 0 Å². The fraction of sp³-hybridized carbons (Fsp3) is 0.667. The molecule has 1 fully saturated rings. The van der Waals surface area contributed by atoms with Crippen LogP contribution >= 0.6 is 0 Å². The quantitative estimate of drug-likeness (QED) is 0.702. The summed E-state index contributed by atoms with van der Waals surface area (Å²) in [6, 6.07) is 0.792. The van der Waals surface area contributed by atoms with Crippen LogP contribution in [0.25, 0.3) is 0 Å². The summed E-state index contributed by atoms with van der Waals surface area (Å²) in [5.41, 5.74) is 2.20. The Labute approximate surface area is 108 Å². The Morgan fingerprint density at radius 1 is 1.39 bits per heavy atom. The molecule has 2 aliphatic heterocycles. The highest BCUT2D eigenvalue weighted by molar-refractivity contribution is 5.92. The maximum absolute atomic E-state index is 12.2. The lowest BCUT2D eigenvalue weighted by atomic mass is 9.94. The van der Waals surface area contributed by atoms with Crippen LogP contribution in [-0.2, 0) is 9.53 Å².